The molecule has 2 heterocycles. The third-order valence-corrected chi connectivity index (χ3v) is 5.02. The number of aryl methyl sites for hydroxylation is 1. The summed E-state index contributed by atoms with van der Waals surface area (Å²) in [6, 6.07) is 11.1. The van der Waals surface area contributed by atoms with Crippen molar-refractivity contribution in [3.05, 3.63) is 41.6 Å². The molecule has 1 atom stereocenters. The second kappa shape index (κ2) is 5.76. The van der Waals surface area contributed by atoms with E-state index in [1.165, 1.54) is 36.6 Å². The van der Waals surface area contributed by atoms with E-state index >= 15 is 0 Å². The molecule has 112 valence electrons. The molecule has 0 aliphatic carbocycles. The van der Waals surface area contributed by atoms with E-state index in [1.54, 1.807) is 0 Å². The lowest BCUT2D eigenvalue weighted by molar-refractivity contribution is 0.231. The Morgan fingerprint density at radius 2 is 1.95 bits per heavy atom. The summed E-state index contributed by atoms with van der Waals surface area (Å²) >= 11 is 0. The molecule has 2 nitrogen and oxygen atoms in total. The molecule has 2 aromatic rings. The first-order valence-corrected chi connectivity index (χ1v) is 8.25. The number of nitrogens with zero attached hydrogens (tertiary/aromatic N) is 1. The third-order valence-electron chi connectivity index (χ3n) is 5.02. The zero-order chi connectivity index (χ0) is 14.9. The Kier molecular flexibility index (Phi) is 3.99. The molecule has 3 rings (SSSR count). The predicted octanol–water partition coefficient (Wildman–Crippen LogP) is 4.56. The van der Waals surface area contributed by atoms with E-state index in [0.717, 1.165) is 17.8 Å². The van der Waals surface area contributed by atoms with Crippen LogP contribution in [0.15, 0.2) is 30.3 Å². The van der Waals surface area contributed by atoms with Crippen molar-refractivity contribution >= 4 is 10.9 Å². The van der Waals surface area contributed by atoms with Gasteiger partial charge in [-0.15, -0.1) is 0 Å². The van der Waals surface area contributed by atoms with Crippen molar-refractivity contribution in [2.45, 2.75) is 52.0 Å². The van der Waals surface area contributed by atoms with Crippen LogP contribution in [0.5, 0.6) is 0 Å². The predicted molar refractivity (Wildman–Crippen MR) is 89.5 cm³/mol. The van der Waals surface area contributed by atoms with E-state index in [1.807, 2.05) is 0 Å². The van der Waals surface area contributed by atoms with Gasteiger partial charge in [0.2, 0.25) is 0 Å². The van der Waals surface area contributed by atoms with Crippen LogP contribution in [0.4, 0.5) is 0 Å². The van der Waals surface area contributed by atoms with Gasteiger partial charge in [0.15, 0.2) is 0 Å². The van der Waals surface area contributed by atoms with Crippen molar-refractivity contribution in [2.24, 2.45) is 5.92 Å². The van der Waals surface area contributed by atoms with E-state index in [4.69, 9.17) is 0 Å². The van der Waals surface area contributed by atoms with Gasteiger partial charge in [0, 0.05) is 16.6 Å². The molecule has 1 fully saturated rings. The minimum atomic E-state index is 0.121. The van der Waals surface area contributed by atoms with E-state index in [-0.39, 0.29) is 5.54 Å². The Bertz CT molecular complexity index is 622. The minimum Gasteiger partial charge on any atom is -0.307 e. The van der Waals surface area contributed by atoms with Gasteiger partial charge < -0.3 is 5.32 Å². The fourth-order valence-electron chi connectivity index (χ4n) is 3.68. The second-order valence-electron chi connectivity index (χ2n) is 6.72. The zero-order valence-corrected chi connectivity index (χ0v) is 13.4. The Labute approximate surface area is 128 Å². The third kappa shape index (κ3) is 2.69. The quantitative estimate of drug-likeness (QED) is 0.873. The molecule has 1 aromatic heterocycles. The molecule has 0 saturated carbocycles. The molecule has 2 heteroatoms. The maximum atomic E-state index is 4.63. The normalized spacial score (nSPS) is 23.4. The Morgan fingerprint density at radius 1 is 1.10 bits per heavy atom. The molecule has 1 unspecified atom stereocenters. The van der Waals surface area contributed by atoms with Crippen molar-refractivity contribution in [1.82, 2.24) is 10.3 Å². The van der Waals surface area contributed by atoms with Gasteiger partial charge in [0.1, 0.15) is 0 Å². The number of hydrogen-bond acceptors (Lipinski definition) is 2. The molecule has 0 radical (unpaired) electrons. The van der Waals surface area contributed by atoms with E-state index in [2.05, 4.69) is 61.4 Å². The number of nitrogens with one attached hydrogen (secondary N) is 1. The Hall–Kier alpha value is -1.41. The van der Waals surface area contributed by atoms with Crippen LogP contribution >= 0.6 is 0 Å². The average Bonchev–Trinajstić information content (AvgIpc) is 2.73. The zero-order valence-electron chi connectivity index (χ0n) is 13.4. The molecule has 0 bridgehead atoms. The van der Waals surface area contributed by atoms with Crippen LogP contribution in [0.1, 0.15) is 50.8 Å². The number of fused-ring (bicyclic) bond motifs is 1. The number of aromatic nitrogens is 1. The lowest BCUT2D eigenvalue weighted by Gasteiger charge is -2.38. The summed E-state index contributed by atoms with van der Waals surface area (Å²) in [5.41, 5.74) is 3.74. The van der Waals surface area contributed by atoms with Gasteiger partial charge in [0.25, 0.3) is 0 Å². The summed E-state index contributed by atoms with van der Waals surface area (Å²) in [6.07, 6.45) is 5.18. The molecule has 0 amide bonds. The summed E-state index contributed by atoms with van der Waals surface area (Å²) in [5.74, 6) is 0.589. The Morgan fingerprint density at radius 3 is 2.76 bits per heavy atom. The largest absolute Gasteiger partial charge is 0.307 e. The number of rotatable bonds is 2. The molecule has 1 saturated heterocycles. The van der Waals surface area contributed by atoms with Gasteiger partial charge >= 0.3 is 0 Å². The van der Waals surface area contributed by atoms with Gasteiger partial charge in [-0.2, -0.15) is 0 Å². The molecular weight excluding hydrogens is 256 g/mol. The molecular formula is C19H26N2. The Balaban J connectivity index is 2.08. The van der Waals surface area contributed by atoms with E-state index in [9.17, 15) is 0 Å². The van der Waals surface area contributed by atoms with Crippen LogP contribution < -0.4 is 5.32 Å². The number of pyridine rings is 1. The van der Waals surface area contributed by atoms with Gasteiger partial charge in [-0.25, -0.2) is 0 Å². The van der Waals surface area contributed by atoms with Crippen molar-refractivity contribution in [3.8, 4) is 0 Å². The lowest BCUT2D eigenvalue weighted by atomic mass is 9.76. The van der Waals surface area contributed by atoms with Crippen molar-refractivity contribution in [1.29, 1.82) is 0 Å². The maximum absolute atomic E-state index is 4.63. The molecule has 1 aliphatic heterocycles. The van der Waals surface area contributed by atoms with Crippen molar-refractivity contribution < 1.29 is 0 Å². The first-order chi connectivity index (χ1) is 10.1. The molecule has 1 aromatic carbocycles. The highest BCUT2D eigenvalue weighted by atomic mass is 15.0. The van der Waals surface area contributed by atoms with Crippen LogP contribution in [-0.4, -0.2) is 11.5 Å². The maximum Gasteiger partial charge on any atom is 0.0705 e. The molecule has 1 aliphatic rings. The summed E-state index contributed by atoms with van der Waals surface area (Å²) in [7, 11) is 0. The minimum absolute atomic E-state index is 0.121. The highest BCUT2D eigenvalue weighted by Gasteiger charge is 2.35. The van der Waals surface area contributed by atoms with Crippen molar-refractivity contribution in [2.75, 3.05) is 6.54 Å². The highest BCUT2D eigenvalue weighted by molar-refractivity contribution is 5.79. The van der Waals surface area contributed by atoms with Gasteiger partial charge in [-0.05, 0) is 56.0 Å². The van der Waals surface area contributed by atoms with Crippen LogP contribution in [-0.2, 0) is 5.54 Å². The topological polar surface area (TPSA) is 24.9 Å². The standard InChI is InChI=1S/C19H26N2/c1-14(2)19(11-5-4-6-12-20-19)17-9-10-18-16(13-17)8-7-15(3)21-18/h7-10,13-14,20H,4-6,11-12H2,1-3H3. The van der Waals surface area contributed by atoms with Crippen molar-refractivity contribution in [3.63, 3.8) is 0 Å². The van der Waals surface area contributed by atoms with Crippen LogP contribution in [0.2, 0.25) is 0 Å². The number of hydrogen-bond donors (Lipinski definition) is 1. The van der Waals surface area contributed by atoms with Crippen LogP contribution in [0.25, 0.3) is 10.9 Å². The fraction of sp³-hybridized carbons (Fsp3) is 0.526. The smallest absolute Gasteiger partial charge is 0.0705 e. The van der Waals surface area contributed by atoms with Gasteiger partial charge in [0.05, 0.1) is 5.52 Å². The summed E-state index contributed by atoms with van der Waals surface area (Å²) in [6.45, 7) is 7.87. The SMILES string of the molecule is Cc1ccc2cc(C3(C(C)C)CCCCCN3)ccc2n1. The van der Waals surface area contributed by atoms with E-state index < -0.39 is 0 Å². The average molecular weight is 282 g/mol. The lowest BCUT2D eigenvalue weighted by Crippen LogP contribution is -2.46. The van der Waals surface area contributed by atoms with E-state index in [0.29, 0.717) is 5.92 Å². The second-order valence-corrected chi connectivity index (χ2v) is 6.72. The highest BCUT2D eigenvalue weighted by Crippen LogP contribution is 2.37. The summed E-state index contributed by atoms with van der Waals surface area (Å²) < 4.78 is 0. The summed E-state index contributed by atoms with van der Waals surface area (Å²) in [4.78, 5) is 4.63. The number of benzene rings is 1. The first-order valence-electron chi connectivity index (χ1n) is 8.25. The molecule has 21 heavy (non-hydrogen) atoms. The first kappa shape index (κ1) is 14.5. The fourth-order valence-corrected chi connectivity index (χ4v) is 3.68. The molecule has 1 N–H and O–H groups in total. The summed E-state index contributed by atoms with van der Waals surface area (Å²) in [5, 5.41) is 5.12. The van der Waals surface area contributed by atoms with Crippen LogP contribution in [0.3, 0.4) is 0 Å². The van der Waals surface area contributed by atoms with Gasteiger partial charge in [-0.1, -0.05) is 38.8 Å². The monoisotopic (exact) mass is 282 g/mol. The molecule has 0 spiro atoms. The van der Waals surface area contributed by atoms with Gasteiger partial charge in [-0.3, -0.25) is 4.98 Å². The van der Waals surface area contributed by atoms with Crippen LogP contribution in [0, 0.1) is 12.8 Å².